The molecule has 1 aromatic rings. The lowest BCUT2D eigenvalue weighted by atomic mass is 10.1. The fraction of sp³-hybridized carbons (Fsp3) is 0.650. The number of rotatable bonds is 6. The molecule has 1 heterocycles. The minimum Gasteiger partial charge on any atom is -0.356 e. The fourth-order valence-electron chi connectivity index (χ4n) is 3.36. The van der Waals surface area contributed by atoms with E-state index in [0.29, 0.717) is 6.54 Å². The normalized spacial score (nSPS) is 16.8. The first-order chi connectivity index (χ1) is 13.3. The van der Waals surface area contributed by atoms with E-state index in [-0.39, 0.29) is 24.0 Å². The molecule has 0 aromatic heterocycles. The van der Waals surface area contributed by atoms with E-state index in [4.69, 9.17) is 0 Å². The zero-order chi connectivity index (χ0) is 20.6. The molecule has 1 aliphatic rings. The van der Waals surface area contributed by atoms with Gasteiger partial charge < -0.3 is 20.0 Å². The Bertz CT molecular complexity index is 622. The van der Waals surface area contributed by atoms with Gasteiger partial charge in [0.1, 0.15) is 0 Å². The second-order valence-electron chi connectivity index (χ2n) is 7.38. The Morgan fingerprint density at radius 3 is 2.45 bits per heavy atom. The van der Waals surface area contributed by atoms with Crippen LogP contribution in [0, 0.1) is 0 Å². The van der Waals surface area contributed by atoms with Crippen molar-refractivity contribution in [3.05, 3.63) is 35.4 Å². The average Bonchev–Trinajstić information content (AvgIpc) is 2.85. The van der Waals surface area contributed by atoms with E-state index in [1.165, 1.54) is 18.6 Å². The lowest BCUT2D eigenvalue weighted by molar-refractivity contribution is -0.137. The largest absolute Gasteiger partial charge is 0.416 e. The van der Waals surface area contributed by atoms with E-state index in [9.17, 15) is 13.2 Å². The van der Waals surface area contributed by atoms with Gasteiger partial charge in [0.25, 0.3) is 0 Å². The molecular formula is C20H33F3IN5. The van der Waals surface area contributed by atoms with E-state index < -0.39 is 11.7 Å². The number of hydrogen-bond donors (Lipinski definition) is 1. The maximum Gasteiger partial charge on any atom is 0.416 e. The molecule has 9 heteroatoms. The highest BCUT2D eigenvalue weighted by molar-refractivity contribution is 14.0. The lowest BCUT2D eigenvalue weighted by Crippen LogP contribution is -2.40. The molecule has 29 heavy (non-hydrogen) atoms. The van der Waals surface area contributed by atoms with Crippen LogP contribution in [0.1, 0.15) is 24.0 Å². The van der Waals surface area contributed by atoms with Crippen molar-refractivity contribution in [2.45, 2.75) is 25.6 Å². The standard InChI is InChI=1S/C20H32F3N5.HI/c1-24-19(25-10-4-12-28-13-5-11-26(2)14-15-28)27(3)16-17-6-8-18(9-7-17)20(21,22)23;/h6-9H,4-5,10-16H2,1-3H3,(H,24,25);1H. The van der Waals surface area contributed by atoms with Crippen molar-refractivity contribution < 1.29 is 13.2 Å². The van der Waals surface area contributed by atoms with Crippen LogP contribution in [0.2, 0.25) is 0 Å². The average molecular weight is 527 g/mol. The van der Waals surface area contributed by atoms with Gasteiger partial charge in [-0.3, -0.25) is 4.99 Å². The van der Waals surface area contributed by atoms with Gasteiger partial charge in [0, 0.05) is 40.3 Å². The first kappa shape index (κ1) is 26.0. The van der Waals surface area contributed by atoms with Gasteiger partial charge in [-0.25, -0.2) is 0 Å². The SMILES string of the molecule is CN=C(NCCCN1CCCN(C)CC1)N(C)Cc1ccc(C(F)(F)F)cc1.I. The zero-order valence-corrected chi connectivity index (χ0v) is 19.8. The Hall–Kier alpha value is -1.07. The first-order valence-corrected chi connectivity index (χ1v) is 9.78. The number of hydrogen-bond acceptors (Lipinski definition) is 3. The summed E-state index contributed by atoms with van der Waals surface area (Å²) in [6, 6.07) is 5.28. The second-order valence-corrected chi connectivity index (χ2v) is 7.38. The second kappa shape index (κ2) is 12.6. The van der Waals surface area contributed by atoms with Crippen LogP contribution >= 0.6 is 24.0 Å². The number of nitrogens with one attached hydrogen (secondary N) is 1. The molecule has 0 aliphatic carbocycles. The molecule has 1 saturated heterocycles. The molecule has 2 rings (SSSR count). The topological polar surface area (TPSA) is 34.1 Å². The molecular weight excluding hydrogens is 494 g/mol. The summed E-state index contributed by atoms with van der Waals surface area (Å²) in [5, 5.41) is 3.35. The zero-order valence-electron chi connectivity index (χ0n) is 17.5. The number of aliphatic imine (C=N–C) groups is 1. The number of alkyl halides is 3. The van der Waals surface area contributed by atoms with E-state index in [1.807, 2.05) is 11.9 Å². The summed E-state index contributed by atoms with van der Waals surface area (Å²) >= 11 is 0. The molecule has 0 unspecified atom stereocenters. The number of likely N-dealkylation sites (N-methyl/N-ethyl adjacent to an activating group) is 1. The highest BCUT2D eigenvalue weighted by Gasteiger charge is 2.29. The molecule has 0 spiro atoms. The molecule has 1 N–H and O–H groups in total. The van der Waals surface area contributed by atoms with Gasteiger partial charge in [-0.2, -0.15) is 13.2 Å². The van der Waals surface area contributed by atoms with Gasteiger partial charge in [-0.1, -0.05) is 12.1 Å². The minimum absolute atomic E-state index is 0. The Morgan fingerprint density at radius 1 is 1.14 bits per heavy atom. The fourth-order valence-corrected chi connectivity index (χ4v) is 3.36. The van der Waals surface area contributed by atoms with Gasteiger partial charge in [0.15, 0.2) is 5.96 Å². The number of nitrogens with zero attached hydrogens (tertiary/aromatic N) is 4. The molecule has 5 nitrogen and oxygen atoms in total. The third-order valence-corrected chi connectivity index (χ3v) is 5.02. The Morgan fingerprint density at radius 2 is 1.83 bits per heavy atom. The van der Waals surface area contributed by atoms with Crippen molar-refractivity contribution >= 4 is 29.9 Å². The molecule has 0 saturated carbocycles. The van der Waals surface area contributed by atoms with Crippen LogP contribution < -0.4 is 5.32 Å². The Balaban J connectivity index is 0.00000420. The van der Waals surface area contributed by atoms with Gasteiger partial charge in [-0.05, 0) is 57.2 Å². The van der Waals surface area contributed by atoms with E-state index in [0.717, 1.165) is 69.3 Å². The third-order valence-electron chi connectivity index (χ3n) is 5.02. The van der Waals surface area contributed by atoms with Crippen molar-refractivity contribution in [3.8, 4) is 0 Å². The molecule has 0 bridgehead atoms. The van der Waals surface area contributed by atoms with Crippen molar-refractivity contribution in [1.82, 2.24) is 20.0 Å². The number of halogens is 4. The maximum atomic E-state index is 12.7. The molecule has 0 atom stereocenters. The van der Waals surface area contributed by atoms with Crippen LogP contribution in [-0.2, 0) is 12.7 Å². The van der Waals surface area contributed by atoms with Crippen molar-refractivity contribution in [2.24, 2.45) is 4.99 Å². The summed E-state index contributed by atoms with van der Waals surface area (Å²) in [7, 11) is 5.77. The number of guanidine groups is 1. The van der Waals surface area contributed by atoms with Crippen LogP contribution in [0.15, 0.2) is 29.3 Å². The molecule has 1 aliphatic heterocycles. The van der Waals surface area contributed by atoms with E-state index >= 15 is 0 Å². The monoisotopic (exact) mass is 527 g/mol. The summed E-state index contributed by atoms with van der Waals surface area (Å²) in [6.45, 7) is 6.90. The minimum atomic E-state index is -4.30. The summed E-state index contributed by atoms with van der Waals surface area (Å²) in [5.41, 5.74) is 0.188. The molecule has 166 valence electrons. The first-order valence-electron chi connectivity index (χ1n) is 9.78. The van der Waals surface area contributed by atoms with Crippen molar-refractivity contribution in [1.29, 1.82) is 0 Å². The Kier molecular flexibility index (Phi) is 11.3. The van der Waals surface area contributed by atoms with Crippen LogP contribution in [0.4, 0.5) is 13.2 Å². The highest BCUT2D eigenvalue weighted by atomic mass is 127. The quantitative estimate of drug-likeness (QED) is 0.267. The van der Waals surface area contributed by atoms with Crippen molar-refractivity contribution in [2.75, 3.05) is 60.4 Å². The Labute approximate surface area is 189 Å². The van der Waals surface area contributed by atoms with E-state index in [2.05, 4.69) is 27.2 Å². The molecule has 0 amide bonds. The summed E-state index contributed by atoms with van der Waals surface area (Å²) < 4.78 is 38.0. The molecule has 1 fully saturated rings. The van der Waals surface area contributed by atoms with Crippen LogP contribution in [-0.4, -0.2) is 81.1 Å². The summed E-state index contributed by atoms with van der Waals surface area (Å²) in [5.74, 6) is 0.746. The van der Waals surface area contributed by atoms with E-state index in [1.54, 1.807) is 7.05 Å². The lowest BCUT2D eigenvalue weighted by Gasteiger charge is -2.24. The predicted octanol–water partition coefficient (Wildman–Crippen LogP) is 3.36. The van der Waals surface area contributed by atoms with Crippen molar-refractivity contribution in [3.63, 3.8) is 0 Å². The molecule has 0 radical (unpaired) electrons. The number of benzene rings is 1. The summed E-state index contributed by atoms with van der Waals surface area (Å²) in [6.07, 6.45) is -2.07. The highest BCUT2D eigenvalue weighted by Crippen LogP contribution is 2.29. The van der Waals surface area contributed by atoms with Crippen LogP contribution in [0.25, 0.3) is 0 Å². The van der Waals surface area contributed by atoms with Gasteiger partial charge >= 0.3 is 6.18 Å². The predicted molar refractivity (Wildman–Crippen MR) is 123 cm³/mol. The third kappa shape index (κ3) is 9.08. The van der Waals surface area contributed by atoms with Crippen LogP contribution in [0.5, 0.6) is 0 Å². The maximum absolute atomic E-state index is 12.7. The van der Waals surface area contributed by atoms with Crippen LogP contribution in [0.3, 0.4) is 0 Å². The molecule has 1 aromatic carbocycles. The van der Waals surface area contributed by atoms with Gasteiger partial charge in [-0.15, -0.1) is 24.0 Å². The smallest absolute Gasteiger partial charge is 0.356 e. The van der Waals surface area contributed by atoms with Gasteiger partial charge in [0.2, 0.25) is 0 Å². The summed E-state index contributed by atoms with van der Waals surface area (Å²) in [4.78, 5) is 11.1. The van der Waals surface area contributed by atoms with Gasteiger partial charge in [0.05, 0.1) is 5.56 Å².